The van der Waals surface area contributed by atoms with Crippen LogP contribution in [-0.2, 0) is 0 Å². The number of ether oxygens (including phenoxy) is 1. The number of nitrogens with zero attached hydrogens (tertiary/aromatic N) is 1. The number of carbonyl (C=O) groups is 1. The van der Waals surface area contributed by atoms with Gasteiger partial charge in [0.15, 0.2) is 0 Å². The lowest BCUT2D eigenvalue weighted by molar-refractivity contribution is 0.174. The minimum Gasteiger partial charge on any atom is -0.497 e. The van der Waals surface area contributed by atoms with E-state index in [1.807, 2.05) is 18.2 Å². The fourth-order valence-corrected chi connectivity index (χ4v) is 1.62. The van der Waals surface area contributed by atoms with E-state index in [0.29, 0.717) is 19.6 Å². The van der Waals surface area contributed by atoms with Crippen LogP contribution in [-0.4, -0.2) is 56.9 Å². The van der Waals surface area contributed by atoms with Gasteiger partial charge in [-0.3, -0.25) is 0 Å². The predicted molar refractivity (Wildman–Crippen MR) is 77.9 cm³/mol. The van der Waals surface area contributed by atoms with Crippen LogP contribution in [0.1, 0.15) is 11.7 Å². The number of urea groups is 1. The summed E-state index contributed by atoms with van der Waals surface area (Å²) in [5.41, 5.74) is 0.800. The molecule has 0 saturated heterocycles. The molecule has 0 spiro atoms. The van der Waals surface area contributed by atoms with Gasteiger partial charge in [0, 0.05) is 33.7 Å². The molecular formula is C14H23N3O3. The van der Waals surface area contributed by atoms with Gasteiger partial charge in [0.05, 0.1) is 13.2 Å². The predicted octanol–water partition coefficient (Wildman–Crippen LogP) is 0.589. The molecule has 0 aromatic heterocycles. The van der Waals surface area contributed by atoms with Gasteiger partial charge in [-0.05, 0) is 17.7 Å². The molecule has 6 heteroatoms. The molecule has 20 heavy (non-hydrogen) atoms. The summed E-state index contributed by atoms with van der Waals surface area (Å²) in [6, 6.07) is 7.21. The number of aliphatic hydroxyl groups is 1. The van der Waals surface area contributed by atoms with Gasteiger partial charge in [-0.1, -0.05) is 12.1 Å². The van der Waals surface area contributed by atoms with Crippen molar-refractivity contribution in [3.8, 4) is 5.75 Å². The van der Waals surface area contributed by atoms with Crippen molar-refractivity contribution >= 4 is 6.03 Å². The van der Waals surface area contributed by atoms with Gasteiger partial charge in [-0.15, -0.1) is 0 Å². The van der Waals surface area contributed by atoms with Gasteiger partial charge >= 0.3 is 6.03 Å². The van der Waals surface area contributed by atoms with Crippen LogP contribution in [0.3, 0.4) is 0 Å². The molecular weight excluding hydrogens is 258 g/mol. The normalized spacial score (nSPS) is 11.8. The van der Waals surface area contributed by atoms with Gasteiger partial charge in [0.1, 0.15) is 5.75 Å². The largest absolute Gasteiger partial charge is 0.497 e. The first-order valence-electron chi connectivity index (χ1n) is 6.52. The topological polar surface area (TPSA) is 73.8 Å². The Kier molecular flexibility index (Phi) is 6.83. The van der Waals surface area contributed by atoms with Crippen LogP contribution >= 0.6 is 0 Å². The maximum Gasteiger partial charge on any atom is 0.316 e. The van der Waals surface area contributed by atoms with Crippen molar-refractivity contribution in [1.29, 1.82) is 0 Å². The number of amides is 2. The van der Waals surface area contributed by atoms with Crippen molar-refractivity contribution in [1.82, 2.24) is 15.5 Å². The Bertz CT molecular complexity index is 424. The summed E-state index contributed by atoms with van der Waals surface area (Å²) in [6.07, 6.45) is -0.602. The molecule has 0 aliphatic rings. The van der Waals surface area contributed by atoms with Gasteiger partial charge in [0.25, 0.3) is 0 Å². The third-order valence-corrected chi connectivity index (χ3v) is 2.80. The van der Waals surface area contributed by atoms with Crippen LogP contribution in [0.15, 0.2) is 24.3 Å². The molecule has 1 atom stereocenters. The zero-order valence-electron chi connectivity index (χ0n) is 12.2. The second kappa shape index (κ2) is 8.39. The maximum absolute atomic E-state index is 11.3. The third-order valence-electron chi connectivity index (χ3n) is 2.80. The minimum absolute atomic E-state index is 0.125. The number of aliphatic hydroxyl groups excluding tert-OH is 1. The van der Waals surface area contributed by atoms with Crippen LogP contribution in [0.2, 0.25) is 0 Å². The molecule has 0 aliphatic heterocycles. The third kappa shape index (κ3) is 5.46. The molecule has 0 radical (unpaired) electrons. The van der Waals surface area contributed by atoms with E-state index in [0.717, 1.165) is 11.3 Å². The quantitative estimate of drug-likeness (QED) is 0.640. The van der Waals surface area contributed by atoms with Crippen molar-refractivity contribution in [2.45, 2.75) is 6.10 Å². The Labute approximate surface area is 119 Å². The lowest BCUT2D eigenvalue weighted by Gasteiger charge is -2.14. The van der Waals surface area contributed by atoms with Crippen molar-refractivity contribution in [2.75, 3.05) is 40.8 Å². The molecule has 6 nitrogen and oxygen atoms in total. The standard InChI is InChI=1S/C14H23N3O3/c1-17(2)14(19)16-8-7-15-10-13(18)11-5-4-6-12(9-11)20-3/h4-6,9,13,15,18H,7-8,10H2,1-3H3,(H,16,19). The highest BCUT2D eigenvalue weighted by molar-refractivity contribution is 5.73. The Balaban J connectivity index is 2.26. The van der Waals surface area contributed by atoms with E-state index < -0.39 is 6.10 Å². The lowest BCUT2D eigenvalue weighted by Crippen LogP contribution is -2.39. The molecule has 0 aliphatic carbocycles. The second-order valence-corrected chi connectivity index (χ2v) is 4.62. The Morgan fingerprint density at radius 3 is 2.80 bits per heavy atom. The first-order chi connectivity index (χ1) is 9.54. The summed E-state index contributed by atoms with van der Waals surface area (Å²) in [6.45, 7) is 1.54. The lowest BCUT2D eigenvalue weighted by atomic mass is 10.1. The molecule has 0 saturated carbocycles. The van der Waals surface area contributed by atoms with E-state index in [9.17, 15) is 9.90 Å². The average Bonchev–Trinajstić information content (AvgIpc) is 2.46. The van der Waals surface area contributed by atoms with E-state index in [4.69, 9.17) is 4.74 Å². The van der Waals surface area contributed by atoms with Crippen molar-refractivity contribution in [3.05, 3.63) is 29.8 Å². The van der Waals surface area contributed by atoms with E-state index >= 15 is 0 Å². The highest BCUT2D eigenvalue weighted by atomic mass is 16.5. The molecule has 1 unspecified atom stereocenters. The summed E-state index contributed by atoms with van der Waals surface area (Å²) in [5, 5.41) is 15.9. The maximum atomic E-state index is 11.3. The molecule has 1 rings (SSSR count). The van der Waals surface area contributed by atoms with Crippen LogP contribution in [0.4, 0.5) is 4.79 Å². The fourth-order valence-electron chi connectivity index (χ4n) is 1.62. The molecule has 0 fully saturated rings. The van der Waals surface area contributed by atoms with Crippen molar-refractivity contribution < 1.29 is 14.6 Å². The molecule has 1 aromatic rings. The summed E-state index contributed by atoms with van der Waals surface area (Å²) < 4.78 is 5.11. The molecule has 112 valence electrons. The van der Waals surface area contributed by atoms with E-state index in [2.05, 4.69) is 10.6 Å². The summed E-state index contributed by atoms with van der Waals surface area (Å²) >= 11 is 0. The monoisotopic (exact) mass is 281 g/mol. The van der Waals surface area contributed by atoms with E-state index in [1.165, 1.54) is 4.90 Å². The van der Waals surface area contributed by atoms with Crippen molar-refractivity contribution in [3.63, 3.8) is 0 Å². The van der Waals surface area contributed by atoms with Gasteiger partial charge < -0.3 is 25.4 Å². The number of nitrogens with one attached hydrogen (secondary N) is 2. The van der Waals surface area contributed by atoms with Crippen LogP contribution < -0.4 is 15.4 Å². The number of methoxy groups -OCH3 is 1. The molecule has 3 N–H and O–H groups in total. The zero-order chi connectivity index (χ0) is 15.0. The average molecular weight is 281 g/mol. The molecule has 1 aromatic carbocycles. The van der Waals surface area contributed by atoms with Crippen molar-refractivity contribution in [2.24, 2.45) is 0 Å². The van der Waals surface area contributed by atoms with Gasteiger partial charge in [-0.25, -0.2) is 4.79 Å². The molecule has 2 amide bonds. The summed E-state index contributed by atoms with van der Waals surface area (Å²) in [5.74, 6) is 0.722. The zero-order valence-corrected chi connectivity index (χ0v) is 12.2. The first-order valence-corrected chi connectivity index (χ1v) is 6.52. The summed E-state index contributed by atoms with van der Waals surface area (Å²) in [4.78, 5) is 12.7. The highest BCUT2D eigenvalue weighted by Gasteiger charge is 2.08. The first kappa shape index (κ1) is 16.3. The van der Waals surface area contributed by atoms with Crippen LogP contribution in [0, 0.1) is 0 Å². The molecule has 0 heterocycles. The smallest absolute Gasteiger partial charge is 0.316 e. The Morgan fingerprint density at radius 2 is 2.15 bits per heavy atom. The Morgan fingerprint density at radius 1 is 1.40 bits per heavy atom. The fraction of sp³-hybridized carbons (Fsp3) is 0.500. The second-order valence-electron chi connectivity index (χ2n) is 4.62. The SMILES string of the molecule is COc1cccc(C(O)CNCCNC(=O)N(C)C)c1. The number of carbonyl (C=O) groups excluding carboxylic acids is 1. The van der Waals surface area contributed by atoms with E-state index in [1.54, 1.807) is 27.3 Å². The van der Waals surface area contributed by atoms with Gasteiger partial charge in [0.2, 0.25) is 0 Å². The number of hydrogen-bond acceptors (Lipinski definition) is 4. The summed E-state index contributed by atoms with van der Waals surface area (Å²) in [7, 11) is 4.97. The minimum atomic E-state index is -0.602. The number of benzene rings is 1. The van der Waals surface area contributed by atoms with Gasteiger partial charge in [-0.2, -0.15) is 0 Å². The molecule has 0 bridgehead atoms. The highest BCUT2D eigenvalue weighted by Crippen LogP contribution is 2.18. The van der Waals surface area contributed by atoms with Crippen LogP contribution in [0.25, 0.3) is 0 Å². The van der Waals surface area contributed by atoms with Crippen LogP contribution in [0.5, 0.6) is 5.75 Å². The number of rotatable bonds is 7. The van der Waals surface area contributed by atoms with E-state index in [-0.39, 0.29) is 6.03 Å². The number of hydrogen-bond donors (Lipinski definition) is 3. The Hall–Kier alpha value is -1.79.